The van der Waals surface area contributed by atoms with E-state index in [2.05, 4.69) is 16.7 Å². The van der Waals surface area contributed by atoms with E-state index in [9.17, 15) is 14.7 Å². The largest absolute Gasteiger partial charge is 0.497 e. The number of carboxylic acids is 1. The Kier molecular flexibility index (Phi) is 6.03. The lowest BCUT2D eigenvalue weighted by atomic mass is 9.81. The third-order valence-corrected chi connectivity index (χ3v) is 7.36. The first-order chi connectivity index (χ1) is 16.5. The van der Waals surface area contributed by atoms with Crippen molar-refractivity contribution in [3.63, 3.8) is 0 Å². The molecule has 5 rings (SSSR count). The molecule has 0 saturated heterocycles. The topological polar surface area (TPSA) is 68.5 Å². The first-order valence-corrected chi connectivity index (χ1v) is 12.3. The monoisotopic (exact) mass is 457 g/mol. The first kappa shape index (κ1) is 22.5. The van der Waals surface area contributed by atoms with Crippen LogP contribution in [0.25, 0.3) is 28.2 Å². The van der Waals surface area contributed by atoms with Gasteiger partial charge in [0.1, 0.15) is 5.75 Å². The fraction of sp³-hybridized carbons (Fsp3) is 0.379. The lowest BCUT2D eigenvalue weighted by Gasteiger charge is -2.24. The molecular weight excluding hydrogens is 426 g/mol. The second-order valence-corrected chi connectivity index (χ2v) is 9.52. The molecule has 1 saturated carbocycles. The highest BCUT2D eigenvalue weighted by Gasteiger charge is 2.30. The van der Waals surface area contributed by atoms with Crippen molar-refractivity contribution >= 4 is 28.7 Å². The molecule has 2 aliphatic rings. The van der Waals surface area contributed by atoms with Crippen LogP contribution in [0.1, 0.15) is 79.3 Å². The summed E-state index contributed by atoms with van der Waals surface area (Å²) < 4.78 is 7.59. The summed E-state index contributed by atoms with van der Waals surface area (Å²) in [5, 5.41) is 11.2. The number of methoxy groups -OCH3 is 1. The van der Waals surface area contributed by atoms with Crippen molar-refractivity contribution in [2.24, 2.45) is 0 Å². The minimum Gasteiger partial charge on any atom is -0.497 e. The minimum atomic E-state index is -0.930. The summed E-state index contributed by atoms with van der Waals surface area (Å²) in [5.74, 6) is 0.329. The highest BCUT2D eigenvalue weighted by molar-refractivity contribution is 6.03. The summed E-state index contributed by atoms with van der Waals surface area (Å²) in [7, 11) is 1.62. The summed E-state index contributed by atoms with van der Waals surface area (Å²) in [4.78, 5) is 25.0. The number of aromatic nitrogens is 1. The van der Waals surface area contributed by atoms with Gasteiger partial charge in [-0.05, 0) is 66.6 Å². The van der Waals surface area contributed by atoms with Gasteiger partial charge in [-0.1, -0.05) is 38.3 Å². The number of nitrogens with zero attached hydrogens (tertiary/aromatic N) is 1. The third-order valence-electron chi connectivity index (χ3n) is 7.36. The zero-order valence-corrected chi connectivity index (χ0v) is 19.9. The molecule has 2 aromatic carbocycles. The van der Waals surface area contributed by atoms with Crippen molar-refractivity contribution in [1.29, 1.82) is 0 Å². The van der Waals surface area contributed by atoms with E-state index in [0.29, 0.717) is 29.2 Å². The maximum atomic E-state index is 12.7. The summed E-state index contributed by atoms with van der Waals surface area (Å²) in [5.41, 5.74) is 6.25. The van der Waals surface area contributed by atoms with Crippen LogP contribution in [-0.2, 0) is 11.3 Å². The number of benzene rings is 2. The van der Waals surface area contributed by atoms with E-state index in [0.717, 1.165) is 47.0 Å². The molecule has 0 bridgehead atoms. The maximum absolute atomic E-state index is 12.7. The van der Waals surface area contributed by atoms with Crippen LogP contribution in [0.2, 0.25) is 0 Å². The number of fused-ring (bicyclic) bond motifs is 5. The standard InChI is InChI=1S/C29H31NO4/c1-3-7-26(31)19-10-12-24-25(16-19)30-17-21(29(32)33)14-20-15-22(34-2)11-13-23(20)28(30)27(24)18-8-5-4-6-9-18/h10-16,18H,3-9,17H2,1-2H3,(H,32,33). The quantitative estimate of drug-likeness (QED) is 0.412. The summed E-state index contributed by atoms with van der Waals surface area (Å²) in [6.45, 7) is 2.27. The van der Waals surface area contributed by atoms with E-state index in [1.165, 1.54) is 24.8 Å². The molecule has 0 radical (unpaired) electrons. The molecule has 176 valence electrons. The number of hydrogen-bond donors (Lipinski definition) is 1. The Balaban J connectivity index is 1.83. The summed E-state index contributed by atoms with van der Waals surface area (Å²) >= 11 is 0. The van der Waals surface area contributed by atoms with E-state index in [4.69, 9.17) is 4.74 Å². The SMILES string of the molecule is CCCC(=O)c1ccc2c(C3CCCCC3)c3n(c2c1)CC(C(=O)O)=Cc1cc(OC)ccc1-3. The van der Waals surface area contributed by atoms with E-state index in [1.807, 2.05) is 31.2 Å². The molecule has 0 amide bonds. The van der Waals surface area contributed by atoms with Gasteiger partial charge < -0.3 is 14.4 Å². The second kappa shape index (κ2) is 9.13. The number of Topliss-reactive ketones (excluding diaryl/α,β-unsaturated/α-hetero) is 1. The molecule has 34 heavy (non-hydrogen) atoms. The average molecular weight is 458 g/mol. The zero-order chi connectivity index (χ0) is 23.8. The number of carboxylic acid groups (broad SMARTS) is 1. The van der Waals surface area contributed by atoms with Crippen LogP contribution >= 0.6 is 0 Å². The van der Waals surface area contributed by atoms with E-state index in [-0.39, 0.29) is 12.3 Å². The Hall–Kier alpha value is -3.34. The molecule has 5 nitrogen and oxygen atoms in total. The number of rotatable bonds is 6. The van der Waals surface area contributed by atoms with E-state index < -0.39 is 5.97 Å². The second-order valence-electron chi connectivity index (χ2n) is 9.52. The van der Waals surface area contributed by atoms with Gasteiger partial charge in [0.25, 0.3) is 0 Å². The fourth-order valence-electron chi connectivity index (χ4n) is 5.72. The maximum Gasteiger partial charge on any atom is 0.333 e. The molecule has 1 N–H and O–H groups in total. The minimum absolute atomic E-state index is 0.131. The predicted octanol–water partition coefficient (Wildman–Crippen LogP) is 6.83. The first-order valence-electron chi connectivity index (χ1n) is 12.3. The van der Waals surface area contributed by atoms with Gasteiger partial charge in [-0.3, -0.25) is 4.79 Å². The van der Waals surface area contributed by atoms with Crippen LogP contribution in [0.4, 0.5) is 0 Å². The molecule has 0 unspecified atom stereocenters. The van der Waals surface area contributed by atoms with Crippen molar-refractivity contribution in [1.82, 2.24) is 4.57 Å². The number of hydrogen-bond acceptors (Lipinski definition) is 3. The normalized spacial score (nSPS) is 15.9. The number of carbonyl (C=O) groups is 2. The van der Waals surface area contributed by atoms with Crippen LogP contribution in [0, 0.1) is 0 Å². The Morgan fingerprint density at radius 3 is 2.59 bits per heavy atom. The lowest BCUT2D eigenvalue weighted by molar-refractivity contribution is -0.132. The Labute approximate surface area is 200 Å². The van der Waals surface area contributed by atoms with E-state index >= 15 is 0 Å². The highest BCUT2D eigenvalue weighted by Crippen LogP contribution is 2.47. The molecule has 0 atom stereocenters. The Bertz CT molecular complexity index is 1310. The molecule has 1 aliphatic carbocycles. The Morgan fingerprint density at radius 2 is 1.88 bits per heavy atom. The summed E-state index contributed by atoms with van der Waals surface area (Å²) in [6, 6.07) is 12.0. The zero-order valence-electron chi connectivity index (χ0n) is 19.9. The van der Waals surface area contributed by atoms with Crippen LogP contribution in [-0.4, -0.2) is 28.5 Å². The Morgan fingerprint density at radius 1 is 1.09 bits per heavy atom. The highest BCUT2D eigenvalue weighted by atomic mass is 16.5. The number of aliphatic carboxylic acids is 1. The lowest BCUT2D eigenvalue weighted by Crippen LogP contribution is -2.10. The van der Waals surface area contributed by atoms with Crippen molar-refractivity contribution < 1.29 is 19.4 Å². The van der Waals surface area contributed by atoms with Crippen molar-refractivity contribution in [3.05, 3.63) is 58.7 Å². The molecule has 5 heteroatoms. The molecule has 1 aliphatic heterocycles. The van der Waals surface area contributed by atoms with Gasteiger partial charge >= 0.3 is 5.97 Å². The number of carbonyl (C=O) groups excluding carboxylic acids is 1. The van der Waals surface area contributed by atoms with E-state index in [1.54, 1.807) is 13.2 Å². The van der Waals surface area contributed by atoms with Gasteiger partial charge in [0, 0.05) is 28.5 Å². The van der Waals surface area contributed by atoms with Crippen LogP contribution < -0.4 is 4.74 Å². The van der Waals surface area contributed by atoms with Crippen molar-refractivity contribution in [2.75, 3.05) is 7.11 Å². The van der Waals surface area contributed by atoms with Crippen LogP contribution in [0.15, 0.2) is 42.0 Å². The molecular formula is C29H31NO4. The molecule has 2 heterocycles. The smallest absolute Gasteiger partial charge is 0.333 e. The van der Waals surface area contributed by atoms with Gasteiger partial charge in [0.2, 0.25) is 0 Å². The van der Waals surface area contributed by atoms with Crippen molar-refractivity contribution in [3.8, 4) is 17.0 Å². The fourth-order valence-corrected chi connectivity index (χ4v) is 5.72. The average Bonchev–Trinajstić information content (AvgIpc) is 3.06. The van der Waals surface area contributed by atoms with Gasteiger partial charge in [-0.15, -0.1) is 0 Å². The number of ether oxygens (including phenoxy) is 1. The molecule has 0 spiro atoms. The summed E-state index contributed by atoms with van der Waals surface area (Å²) in [6.07, 6.45) is 9.03. The molecule has 1 aromatic heterocycles. The van der Waals surface area contributed by atoms with Gasteiger partial charge in [0.15, 0.2) is 5.78 Å². The van der Waals surface area contributed by atoms with Gasteiger partial charge in [-0.2, -0.15) is 0 Å². The van der Waals surface area contributed by atoms with Crippen LogP contribution in [0.5, 0.6) is 5.75 Å². The van der Waals surface area contributed by atoms with Gasteiger partial charge in [-0.25, -0.2) is 4.79 Å². The molecule has 1 fully saturated rings. The van der Waals surface area contributed by atoms with Crippen molar-refractivity contribution in [2.45, 2.75) is 64.3 Å². The number of ketones is 1. The molecule has 3 aromatic rings. The van der Waals surface area contributed by atoms with Crippen LogP contribution in [0.3, 0.4) is 0 Å². The third kappa shape index (κ3) is 3.83. The van der Waals surface area contributed by atoms with Gasteiger partial charge in [0.05, 0.1) is 24.9 Å². The predicted molar refractivity (Wildman–Crippen MR) is 135 cm³/mol.